The van der Waals surface area contributed by atoms with Gasteiger partial charge in [0.1, 0.15) is 12.3 Å². The average Bonchev–Trinajstić information content (AvgIpc) is 2.90. The molecule has 1 aliphatic heterocycles. The van der Waals surface area contributed by atoms with Gasteiger partial charge in [-0.3, -0.25) is 4.57 Å². The van der Waals surface area contributed by atoms with E-state index in [2.05, 4.69) is 50.7 Å². The van der Waals surface area contributed by atoms with Gasteiger partial charge in [-0.25, -0.2) is 4.79 Å². The lowest BCUT2D eigenvalue weighted by Crippen LogP contribution is -2.50. The zero-order valence-electron chi connectivity index (χ0n) is 17.3. The fourth-order valence-corrected chi connectivity index (χ4v) is 3.67. The fraction of sp³-hybridized carbons (Fsp3) is 0.824. The summed E-state index contributed by atoms with van der Waals surface area (Å²) in [5.41, 5.74) is -0.480. The summed E-state index contributed by atoms with van der Waals surface area (Å²) in [6.07, 6.45) is -0.264. The molecular formula is C17H32BrN5O3Si. The first-order chi connectivity index (χ1) is 12.5. The minimum Gasteiger partial charge on any atom is -0.444 e. The first-order valence-corrected chi connectivity index (χ1v) is 13.9. The number of halogens is 1. The Hall–Kier alpha value is -1.13. The van der Waals surface area contributed by atoms with E-state index < -0.39 is 13.7 Å². The molecule has 0 spiro atoms. The molecule has 1 amide bonds. The zero-order valence-corrected chi connectivity index (χ0v) is 19.9. The van der Waals surface area contributed by atoms with Crippen LogP contribution in [0, 0.1) is 0 Å². The SMILES string of the molecule is CC(C)(C)OC(=O)N1CCN(c2nnc(Br)n2COCC[Si](C)(C)C)CC1. The summed E-state index contributed by atoms with van der Waals surface area (Å²) < 4.78 is 13.9. The second kappa shape index (κ2) is 8.91. The Kier molecular flexibility index (Phi) is 7.31. The fourth-order valence-electron chi connectivity index (χ4n) is 2.57. The van der Waals surface area contributed by atoms with Gasteiger partial charge in [0.05, 0.1) is 0 Å². The molecule has 0 atom stereocenters. The Balaban J connectivity index is 1.90. The third-order valence-electron chi connectivity index (χ3n) is 4.12. The quantitative estimate of drug-likeness (QED) is 0.477. The molecule has 0 saturated carbocycles. The van der Waals surface area contributed by atoms with Crippen LogP contribution in [0.1, 0.15) is 20.8 Å². The van der Waals surface area contributed by atoms with Crippen LogP contribution in [0.4, 0.5) is 10.7 Å². The van der Waals surface area contributed by atoms with Crippen molar-refractivity contribution in [3.05, 3.63) is 4.73 Å². The molecule has 0 bridgehead atoms. The Labute approximate surface area is 171 Å². The smallest absolute Gasteiger partial charge is 0.410 e. The molecule has 2 rings (SSSR count). The molecule has 10 heteroatoms. The van der Waals surface area contributed by atoms with Crippen LogP contribution in [-0.4, -0.2) is 72.2 Å². The summed E-state index contributed by atoms with van der Waals surface area (Å²) in [7, 11) is -1.11. The maximum absolute atomic E-state index is 12.2. The maximum Gasteiger partial charge on any atom is 0.410 e. The summed E-state index contributed by atoms with van der Waals surface area (Å²) in [4.78, 5) is 16.1. The number of carbonyl (C=O) groups excluding carboxylic acids is 1. The van der Waals surface area contributed by atoms with Crippen molar-refractivity contribution in [1.29, 1.82) is 0 Å². The molecule has 1 fully saturated rings. The van der Waals surface area contributed by atoms with Crippen LogP contribution >= 0.6 is 15.9 Å². The minimum atomic E-state index is -1.11. The van der Waals surface area contributed by atoms with Gasteiger partial charge in [-0.15, -0.1) is 10.2 Å². The summed E-state index contributed by atoms with van der Waals surface area (Å²) in [6, 6.07) is 1.12. The van der Waals surface area contributed by atoms with Gasteiger partial charge in [-0.05, 0) is 42.7 Å². The highest BCUT2D eigenvalue weighted by molar-refractivity contribution is 9.10. The number of hydrogen-bond donors (Lipinski definition) is 0. The van der Waals surface area contributed by atoms with E-state index in [4.69, 9.17) is 9.47 Å². The second-order valence-electron chi connectivity index (χ2n) is 9.00. The number of rotatable bonds is 6. The summed E-state index contributed by atoms with van der Waals surface area (Å²) in [6.45, 7) is 16.3. The van der Waals surface area contributed by atoms with Gasteiger partial charge in [-0.2, -0.15) is 0 Å². The first-order valence-electron chi connectivity index (χ1n) is 9.36. The number of amides is 1. The van der Waals surface area contributed by atoms with Crippen molar-refractivity contribution in [2.45, 2.75) is 58.8 Å². The highest BCUT2D eigenvalue weighted by Crippen LogP contribution is 2.20. The normalized spacial score (nSPS) is 16.0. The number of nitrogens with zero attached hydrogens (tertiary/aromatic N) is 5. The van der Waals surface area contributed by atoms with Crippen molar-refractivity contribution >= 4 is 36.0 Å². The Morgan fingerprint density at radius 2 is 1.78 bits per heavy atom. The highest BCUT2D eigenvalue weighted by Gasteiger charge is 2.28. The molecule has 0 unspecified atom stereocenters. The lowest BCUT2D eigenvalue weighted by atomic mass is 10.2. The number of anilines is 1. The van der Waals surface area contributed by atoms with Crippen LogP contribution in [0.15, 0.2) is 4.73 Å². The predicted octanol–water partition coefficient (Wildman–Crippen LogP) is 3.41. The van der Waals surface area contributed by atoms with Gasteiger partial charge in [-0.1, -0.05) is 19.6 Å². The van der Waals surface area contributed by atoms with Gasteiger partial charge in [0, 0.05) is 40.9 Å². The number of piperazine rings is 1. The van der Waals surface area contributed by atoms with Gasteiger partial charge in [0.2, 0.25) is 10.7 Å². The molecule has 8 nitrogen and oxygen atoms in total. The lowest BCUT2D eigenvalue weighted by molar-refractivity contribution is 0.0238. The van der Waals surface area contributed by atoms with E-state index >= 15 is 0 Å². The monoisotopic (exact) mass is 461 g/mol. The van der Waals surface area contributed by atoms with Gasteiger partial charge in [0.15, 0.2) is 0 Å². The second-order valence-corrected chi connectivity index (χ2v) is 15.3. The van der Waals surface area contributed by atoms with Crippen molar-refractivity contribution in [3.63, 3.8) is 0 Å². The molecule has 0 radical (unpaired) electrons. The van der Waals surface area contributed by atoms with Crippen LogP contribution in [-0.2, 0) is 16.2 Å². The van der Waals surface area contributed by atoms with E-state index in [1.807, 2.05) is 25.3 Å². The average molecular weight is 462 g/mol. The molecule has 0 aromatic carbocycles. The lowest BCUT2D eigenvalue weighted by Gasteiger charge is -2.35. The van der Waals surface area contributed by atoms with Crippen molar-refractivity contribution in [3.8, 4) is 0 Å². The maximum atomic E-state index is 12.2. The van der Waals surface area contributed by atoms with E-state index in [1.54, 1.807) is 4.90 Å². The van der Waals surface area contributed by atoms with Crippen LogP contribution < -0.4 is 4.90 Å². The van der Waals surface area contributed by atoms with E-state index in [0.717, 1.165) is 18.6 Å². The molecule has 154 valence electrons. The molecule has 0 N–H and O–H groups in total. The molecule has 0 aliphatic carbocycles. The predicted molar refractivity (Wildman–Crippen MR) is 112 cm³/mol. The number of ether oxygens (including phenoxy) is 2. The molecule has 1 aromatic heterocycles. The molecule has 1 aromatic rings. The topological polar surface area (TPSA) is 72.7 Å². The molecule has 2 heterocycles. The molecule has 1 saturated heterocycles. The Bertz CT molecular complexity index is 633. The Morgan fingerprint density at radius 1 is 1.15 bits per heavy atom. The third kappa shape index (κ3) is 7.08. The summed E-state index contributed by atoms with van der Waals surface area (Å²) in [5, 5.41) is 8.42. The van der Waals surface area contributed by atoms with Gasteiger partial charge in [0.25, 0.3) is 0 Å². The largest absolute Gasteiger partial charge is 0.444 e. The van der Waals surface area contributed by atoms with Crippen LogP contribution in [0.25, 0.3) is 0 Å². The molecular weight excluding hydrogens is 430 g/mol. The number of aromatic nitrogens is 3. The summed E-state index contributed by atoms with van der Waals surface area (Å²) in [5.74, 6) is 0.763. The number of carbonyl (C=O) groups is 1. The minimum absolute atomic E-state index is 0.264. The van der Waals surface area contributed by atoms with Crippen molar-refractivity contribution in [2.24, 2.45) is 0 Å². The van der Waals surface area contributed by atoms with Crippen LogP contribution in [0.2, 0.25) is 25.7 Å². The standard InChI is InChI=1S/C17H32BrN5O3Si/c1-17(2,3)26-16(24)22-9-7-21(8-10-22)15-20-19-14(18)23(15)13-25-11-12-27(4,5)6/h7-13H2,1-6H3. The molecule has 1 aliphatic rings. The number of hydrogen-bond acceptors (Lipinski definition) is 6. The van der Waals surface area contributed by atoms with E-state index in [0.29, 0.717) is 37.6 Å². The van der Waals surface area contributed by atoms with Crippen LogP contribution in [0.3, 0.4) is 0 Å². The van der Waals surface area contributed by atoms with Crippen molar-refractivity contribution in [1.82, 2.24) is 19.7 Å². The molecule has 27 heavy (non-hydrogen) atoms. The Morgan fingerprint density at radius 3 is 2.33 bits per heavy atom. The van der Waals surface area contributed by atoms with Gasteiger partial charge < -0.3 is 19.3 Å². The zero-order chi connectivity index (χ0) is 20.2. The van der Waals surface area contributed by atoms with E-state index in [1.165, 1.54) is 0 Å². The van der Waals surface area contributed by atoms with Crippen molar-refractivity contribution < 1.29 is 14.3 Å². The van der Waals surface area contributed by atoms with Gasteiger partial charge >= 0.3 is 6.09 Å². The van der Waals surface area contributed by atoms with Crippen LogP contribution in [0.5, 0.6) is 0 Å². The van der Waals surface area contributed by atoms with E-state index in [-0.39, 0.29) is 6.09 Å². The summed E-state index contributed by atoms with van der Waals surface area (Å²) >= 11 is 3.45. The third-order valence-corrected chi connectivity index (χ3v) is 6.41. The first kappa shape index (κ1) is 22.2. The van der Waals surface area contributed by atoms with E-state index in [9.17, 15) is 4.79 Å². The van der Waals surface area contributed by atoms with Crippen molar-refractivity contribution in [2.75, 3.05) is 37.7 Å². The highest BCUT2D eigenvalue weighted by atomic mass is 79.9.